The van der Waals surface area contributed by atoms with E-state index in [1.165, 1.54) is 5.56 Å². The van der Waals surface area contributed by atoms with E-state index < -0.39 is 11.4 Å². The minimum atomic E-state index is -0.918. The standard InChI is InChI=1S/C27H32N4O2/c1-18-11-12-19(16-21(18)27(2,3)26(32)33)13-15-28-24(20-8-5-4-6-9-20)23-17-30-22-10-7-14-29-25(22)31-23/h4-12,14,16,23-24,28,30H,13,15,17H2,1-3H3,(H,29,31)(H,32,33)/t23-,24-/m1/s1. The van der Waals surface area contributed by atoms with Gasteiger partial charge in [0.15, 0.2) is 0 Å². The average molecular weight is 445 g/mol. The second kappa shape index (κ2) is 9.63. The second-order valence-corrected chi connectivity index (χ2v) is 9.20. The highest BCUT2D eigenvalue weighted by molar-refractivity contribution is 5.80. The van der Waals surface area contributed by atoms with Crippen LogP contribution in [0.25, 0.3) is 0 Å². The van der Waals surface area contributed by atoms with Crippen molar-refractivity contribution in [1.82, 2.24) is 10.3 Å². The number of carboxylic acids is 1. The molecule has 172 valence electrons. The smallest absolute Gasteiger partial charge is 0.313 e. The van der Waals surface area contributed by atoms with Gasteiger partial charge in [-0.3, -0.25) is 4.79 Å². The Kier molecular flexibility index (Phi) is 6.65. The molecule has 2 heterocycles. The quantitative estimate of drug-likeness (QED) is 0.408. The van der Waals surface area contributed by atoms with Gasteiger partial charge in [-0.05, 0) is 68.1 Å². The summed E-state index contributed by atoms with van der Waals surface area (Å²) in [6.45, 7) is 7.05. The van der Waals surface area contributed by atoms with Gasteiger partial charge in [-0.15, -0.1) is 0 Å². The van der Waals surface area contributed by atoms with E-state index in [4.69, 9.17) is 0 Å². The van der Waals surface area contributed by atoms with Crippen molar-refractivity contribution in [2.75, 3.05) is 23.7 Å². The Bertz CT molecular complexity index is 1110. The molecule has 6 nitrogen and oxygen atoms in total. The van der Waals surface area contributed by atoms with E-state index in [1.54, 1.807) is 20.0 Å². The number of hydrogen-bond donors (Lipinski definition) is 4. The average Bonchev–Trinajstić information content (AvgIpc) is 2.83. The summed E-state index contributed by atoms with van der Waals surface area (Å²) < 4.78 is 0. The molecule has 1 aromatic heterocycles. The Morgan fingerprint density at radius 3 is 2.73 bits per heavy atom. The normalized spacial score (nSPS) is 16.3. The summed E-state index contributed by atoms with van der Waals surface area (Å²) in [4.78, 5) is 16.3. The molecule has 0 bridgehead atoms. The van der Waals surface area contributed by atoms with E-state index in [0.29, 0.717) is 0 Å². The van der Waals surface area contributed by atoms with Gasteiger partial charge in [0.25, 0.3) is 0 Å². The van der Waals surface area contributed by atoms with E-state index in [-0.39, 0.29) is 12.1 Å². The van der Waals surface area contributed by atoms with Crippen molar-refractivity contribution >= 4 is 17.5 Å². The number of hydrogen-bond acceptors (Lipinski definition) is 5. The van der Waals surface area contributed by atoms with Crippen LogP contribution < -0.4 is 16.0 Å². The number of pyridine rings is 1. The van der Waals surface area contributed by atoms with Crippen LogP contribution in [0.1, 0.15) is 42.1 Å². The lowest BCUT2D eigenvalue weighted by Gasteiger charge is -2.34. The van der Waals surface area contributed by atoms with Gasteiger partial charge in [0.05, 0.1) is 23.2 Å². The lowest BCUT2D eigenvalue weighted by Crippen LogP contribution is -2.44. The van der Waals surface area contributed by atoms with Crippen molar-refractivity contribution in [2.45, 2.75) is 44.7 Å². The van der Waals surface area contributed by atoms with Gasteiger partial charge in [-0.25, -0.2) is 4.98 Å². The van der Waals surface area contributed by atoms with Gasteiger partial charge in [0.2, 0.25) is 0 Å². The molecule has 0 spiro atoms. The van der Waals surface area contributed by atoms with Crippen LogP contribution in [0.15, 0.2) is 66.9 Å². The molecular formula is C27H32N4O2. The molecule has 0 amide bonds. The van der Waals surface area contributed by atoms with Crippen molar-refractivity contribution in [3.05, 3.63) is 89.1 Å². The Morgan fingerprint density at radius 2 is 1.97 bits per heavy atom. The topological polar surface area (TPSA) is 86.3 Å². The van der Waals surface area contributed by atoms with Crippen molar-refractivity contribution < 1.29 is 9.90 Å². The summed E-state index contributed by atoms with van der Waals surface area (Å²) in [5.74, 6) is 0.0605. The lowest BCUT2D eigenvalue weighted by atomic mass is 9.81. The first-order valence-corrected chi connectivity index (χ1v) is 11.4. The number of rotatable bonds is 8. The molecule has 2 atom stereocenters. The Balaban J connectivity index is 1.49. The van der Waals surface area contributed by atoms with E-state index >= 15 is 0 Å². The SMILES string of the molecule is Cc1ccc(CCN[C@H](c2ccccc2)[C@H]2CNc3cccnc3N2)cc1C(C)(C)C(=O)O. The van der Waals surface area contributed by atoms with Gasteiger partial charge in [0, 0.05) is 12.7 Å². The van der Waals surface area contributed by atoms with E-state index in [9.17, 15) is 9.90 Å². The fourth-order valence-electron chi connectivity index (χ4n) is 4.45. The number of carbonyl (C=O) groups is 1. The molecule has 6 heteroatoms. The minimum Gasteiger partial charge on any atom is -0.481 e. The Labute approximate surface area is 195 Å². The molecule has 1 aliphatic heterocycles. The van der Waals surface area contributed by atoms with E-state index in [1.807, 2.05) is 37.3 Å². The van der Waals surface area contributed by atoms with Crippen molar-refractivity contribution in [3.8, 4) is 0 Å². The highest BCUT2D eigenvalue weighted by atomic mass is 16.4. The summed E-state index contributed by atoms with van der Waals surface area (Å²) in [7, 11) is 0. The van der Waals surface area contributed by atoms with Crippen LogP contribution in [-0.2, 0) is 16.6 Å². The molecule has 4 N–H and O–H groups in total. The van der Waals surface area contributed by atoms with Crippen LogP contribution in [0.4, 0.5) is 11.5 Å². The number of carboxylic acid groups (broad SMARTS) is 1. The highest BCUT2D eigenvalue weighted by Gasteiger charge is 2.31. The predicted molar refractivity (Wildman–Crippen MR) is 133 cm³/mol. The number of fused-ring (bicyclic) bond motifs is 1. The number of anilines is 2. The Hall–Kier alpha value is -3.38. The monoisotopic (exact) mass is 444 g/mol. The summed E-state index contributed by atoms with van der Waals surface area (Å²) in [5, 5.41) is 20.5. The highest BCUT2D eigenvalue weighted by Crippen LogP contribution is 2.29. The van der Waals surface area contributed by atoms with Crippen LogP contribution in [0, 0.1) is 6.92 Å². The summed E-state index contributed by atoms with van der Waals surface area (Å²) in [5.41, 5.74) is 4.32. The summed E-state index contributed by atoms with van der Waals surface area (Å²) in [6, 6.07) is 20.8. The molecule has 0 saturated carbocycles. The fraction of sp³-hybridized carbons (Fsp3) is 0.333. The third-order valence-corrected chi connectivity index (χ3v) is 6.49. The molecule has 0 unspecified atom stereocenters. The molecule has 33 heavy (non-hydrogen) atoms. The van der Waals surface area contributed by atoms with Crippen LogP contribution in [-0.4, -0.2) is 35.2 Å². The van der Waals surface area contributed by atoms with Crippen molar-refractivity contribution in [1.29, 1.82) is 0 Å². The Morgan fingerprint density at radius 1 is 1.18 bits per heavy atom. The number of aryl methyl sites for hydroxylation is 1. The molecule has 0 aliphatic carbocycles. The maximum absolute atomic E-state index is 11.8. The van der Waals surface area contributed by atoms with E-state index in [0.717, 1.165) is 47.7 Å². The van der Waals surface area contributed by atoms with Gasteiger partial charge in [-0.1, -0.05) is 48.5 Å². The molecule has 1 aliphatic rings. The van der Waals surface area contributed by atoms with Crippen LogP contribution in [0.5, 0.6) is 0 Å². The number of aliphatic carboxylic acids is 1. The van der Waals surface area contributed by atoms with Crippen LogP contribution >= 0.6 is 0 Å². The van der Waals surface area contributed by atoms with Crippen LogP contribution in [0.2, 0.25) is 0 Å². The molecule has 0 saturated heterocycles. The molecule has 2 aromatic carbocycles. The molecule has 4 rings (SSSR count). The first-order chi connectivity index (χ1) is 15.9. The number of aromatic nitrogens is 1. The zero-order valence-electron chi connectivity index (χ0n) is 19.4. The molecule has 3 aromatic rings. The van der Waals surface area contributed by atoms with Gasteiger partial charge in [0.1, 0.15) is 5.82 Å². The van der Waals surface area contributed by atoms with Gasteiger partial charge >= 0.3 is 5.97 Å². The third kappa shape index (κ3) is 5.01. The predicted octanol–water partition coefficient (Wildman–Crippen LogP) is 4.53. The van der Waals surface area contributed by atoms with Crippen molar-refractivity contribution in [2.24, 2.45) is 0 Å². The fourth-order valence-corrected chi connectivity index (χ4v) is 4.45. The number of benzene rings is 2. The minimum absolute atomic E-state index is 0.0919. The van der Waals surface area contributed by atoms with Gasteiger partial charge < -0.3 is 21.1 Å². The second-order valence-electron chi connectivity index (χ2n) is 9.20. The van der Waals surface area contributed by atoms with Gasteiger partial charge in [-0.2, -0.15) is 0 Å². The zero-order valence-corrected chi connectivity index (χ0v) is 19.4. The van der Waals surface area contributed by atoms with E-state index in [2.05, 4.69) is 51.3 Å². The largest absolute Gasteiger partial charge is 0.481 e. The maximum atomic E-state index is 11.8. The third-order valence-electron chi connectivity index (χ3n) is 6.49. The van der Waals surface area contributed by atoms with Crippen molar-refractivity contribution in [3.63, 3.8) is 0 Å². The first-order valence-electron chi connectivity index (χ1n) is 11.4. The molecule has 0 fully saturated rings. The molecular weight excluding hydrogens is 412 g/mol. The maximum Gasteiger partial charge on any atom is 0.313 e. The molecule has 0 radical (unpaired) electrons. The van der Waals surface area contributed by atoms with Crippen LogP contribution in [0.3, 0.4) is 0 Å². The number of nitrogens with zero attached hydrogens (tertiary/aromatic N) is 1. The number of nitrogens with one attached hydrogen (secondary N) is 3. The summed E-state index contributed by atoms with van der Waals surface area (Å²) in [6.07, 6.45) is 2.61. The lowest BCUT2D eigenvalue weighted by molar-refractivity contribution is -0.142. The summed E-state index contributed by atoms with van der Waals surface area (Å²) >= 11 is 0. The first kappa shape index (κ1) is 22.8. The zero-order chi connectivity index (χ0) is 23.4.